The maximum absolute atomic E-state index is 11.9. The fourth-order valence-corrected chi connectivity index (χ4v) is 3.22. The van der Waals surface area contributed by atoms with Crippen molar-refractivity contribution < 1.29 is 9.53 Å². The number of ether oxygens (including phenoxy) is 1. The molecule has 3 N–H and O–H groups in total. The van der Waals surface area contributed by atoms with E-state index in [4.69, 9.17) is 22.1 Å². The molecule has 0 saturated carbocycles. The first-order valence-corrected chi connectivity index (χ1v) is 7.57. The van der Waals surface area contributed by atoms with Gasteiger partial charge >= 0.3 is 0 Å². The van der Waals surface area contributed by atoms with Crippen molar-refractivity contribution in [2.24, 2.45) is 0 Å². The highest BCUT2D eigenvalue weighted by Crippen LogP contribution is 2.27. The number of thioether (sulfide) groups is 1. The van der Waals surface area contributed by atoms with Gasteiger partial charge in [-0.15, -0.1) is 11.8 Å². The summed E-state index contributed by atoms with van der Waals surface area (Å²) >= 11 is 7.63. The Labute approximate surface area is 122 Å². The summed E-state index contributed by atoms with van der Waals surface area (Å²) in [6.45, 7) is 2.82. The van der Waals surface area contributed by atoms with Gasteiger partial charge in [0.15, 0.2) is 0 Å². The third-order valence-corrected chi connectivity index (χ3v) is 4.79. The molecule has 6 heteroatoms. The summed E-state index contributed by atoms with van der Waals surface area (Å²) in [6, 6.07) is 5.04. The van der Waals surface area contributed by atoms with Crippen LogP contribution in [-0.2, 0) is 9.53 Å². The second kappa shape index (κ2) is 6.50. The predicted octanol–water partition coefficient (Wildman–Crippen LogP) is 2.77. The van der Waals surface area contributed by atoms with E-state index < -0.39 is 0 Å². The Balaban J connectivity index is 1.84. The molecule has 0 radical (unpaired) electrons. The topological polar surface area (TPSA) is 64.3 Å². The van der Waals surface area contributed by atoms with E-state index in [0.29, 0.717) is 27.4 Å². The third kappa shape index (κ3) is 4.03. The predicted molar refractivity (Wildman–Crippen MR) is 80.8 cm³/mol. The molecule has 1 saturated heterocycles. The number of anilines is 2. The largest absolute Gasteiger partial charge is 0.399 e. The highest BCUT2D eigenvalue weighted by Gasteiger charge is 2.25. The molecule has 1 aliphatic heterocycles. The highest BCUT2D eigenvalue weighted by atomic mass is 35.5. The lowest BCUT2D eigenvalue weighted by Gasteiger charge is -2.13. The Morgan fingerprint density at radius 1 is 1.63 bits per heavy atom. The van der Waals surface area contributed by atoms with Crippen LogP contribution in [0, 0.1) is 0 Å². The number of rotatable bonds is 4. The zero-order valence-corrected chi connectivity index (χ0v) is 12.3. The van der Waals surface area contributed by atoms with Crippen molar-refractivity contribution in [2.75, 3.05) is 23.4 Å². The van der Waals surface area contributed by atoms with Gasteiger partial charge in [0.1, 0.15) is 0 Å². The Hall–Kier alpha value is -0.910. The number of benzene rings is 1. The summed E-state index contributed by atoms with van der Waals surface area (Å²) in [7, 11) is 0. The average molecular weight is 301 g/mol. The summed E-state index contributed by atoms with van der Waals surface area (Å²) < 4.78 is 5.46. The Bertz CT molecular complexity index is 470. The van der Waals surface area contributed by atoms with Crippen molar-refractivity contribution in [3.8, 4) is 0 Å². The van der Waals surface area contributed by atoms with Crippen LogP contribution in [0.15, 0.2) is 18.2 Å². The summed E-state index contributed by atoms with van der Waals surface area (Å²) in [5.41, 5.74) is 6.77. The molecule has 1 fully saturated rings. The van der Waals surface area contributed by atoms with Crippen molar-refractivity contribution in [1.29, 1.82) is 0 Å². The molecule has 0 bridgehead atoms. The van der Waals surface area contributed by atoms with Crippen molar-refractivity contribution >= 4 is 40.6 Å². The zero-order valence-electron chi connectivity index (χ0n) is 10.7. The van der Waals surface area contributed by atoms with Crippen molar-refractivity contribution in [1.82, 2.24) is 0 Å². The van der Waals surface area contributed by atoms with E-state index >= 15 is 0 Å². The quantitative estimate of drug-likeness (QED) is 0.839. The van der Waals surface area contributed by atoms with E-state index in [-0.39, 0.29) is 12.0 Å². The monoisotopic (exact) mass is 300 g/mol. The van der Waals surface area contributed by atoms with Crippen LogP contribution < -0.4 is 11.1 Å². The van der Waals surface area contributed by atoms with Crippen molar-refractivity contribution in [3.63, 3.8) is 0 Å². The molecule has 1 aliphatic rings. The van der Waals surface area contributed by atoms with Gasteiger partial charge in [-0.25, -0.2) is 0 Å². The van der Waals surface area contributed by atoms with Gasteiger partial charge in [-0.2, -0.15) is 0 Å². The van der Waals surface area contributed by atoms with Crippen LogP contribution in [-0.4, -0.2) is 29.6 Å². The summed E-state index contributed by atoms with van der Waals surface area (Å²) in [6.07, 6.45) is 1.22. The van der Waals surface area contributed by atoms with Crippen LogP contribution in [0.1, 0.15) is 13.3 Å². The SMILES string of the molecule is CC1OCCC1SCC(=O)Nc1ccc(N)cc1Cl. The van der Waals surface area contributed by atoms with E-state index in [1.54, 1.807) is 30.0 Å². The fourth-order valence-electron chi connectivity index (χ4n) is 1.93. The molecule has 2 atom stereocenters. The number of halogens is 1. The molecular weight excluding hydrogens is 284 g/mol. The van der Waals surface area contributed by atoms with Gasteiger partial charge in [-0.05, 0) is 31.5 Å². The first kappa shape index (κ1) is 14.5. The lowest BCUT2D eigenvalue weighted by atomic mass is 10.3. The summed E-state index contributed by atoms with van der Waals surface area (Å²) in [5.74, 6) is 0.342. The van der Waals surface area contributed by atoms with Gasteiger partial charge in [0.25, 0.3) is 0 Å². The van der Waals surface area contributed by atoms with Gasteiger partial charge in [-0.1, -0.05) is 11.6 Å². The summed E-state index contributed by atoms with van der Waals surface area (Å²) in [4.78, 5) is 11.9. The second-order valence-electron chi connectivity index (χ2n) is 4.50. The third-order valence-electron chi connectivity index (χ3n) is 3.00. The Morgan fingerprint density at radius 3 is 3.05 bits per heavy atom. The molecule has 4 nitrogen and oxygen atoms in total. The molecule has 19 heavy (non-hydrogen) atoms. The number of hydrogen-bond acceptors (Lipinski definition) is 4. The number of hydrogen-bond donors (Lipinski definition) is 2. The number of nitrogens with one attached hydrogen (secondary N) is 1. The molecule has 0 aliphatic carbocycles. The van der Waals surface area contributed by atoms with Crippen LogP contribution in [0.3, 0.4) is 0 Å². The molecule has 1 amide bonds. The molecular formula is C13H17ClN2O2S. The maximum atomic E-state index is 11.9. The second-order valence-corrected chi connectivity index (χ2v) is 6.14. The minimum atomic E-state index is -0.0595. The lowest BCUT2D eigenvalue weighted by Crippen LogP contribution is -2.20. The van der Waals surface area contributed by atoms with Crippen molar-refractivity contribution in [3.05, 3.63) is 23.2 Å². The normalized spacial score (nSPS) is 22.4. The summed E-state index contributed by atoms with van der Waals surface area (Å²) in [5, 5.41) is 3.64. The number of nitrogens with two attached hydrogens (primary N) is 1. The number of carbonyl (C=O) groups is 1. The zero-order chi connectivity index (χ0) is 13.8. The minimum absolute atomic E-state index is 0.0595. The van der Waals surface area contributed by atoms with E-state index in [1.165, 1.54) is 0 Å². The first-order valence-electron chi connectivity index (χ1n) is 6.14. The molecule has 1 aromatic carbocycles. The number of carbonyl (C=O) groups excluding carboxylic acids is 1. The van der Waals surface area contributed by atoms with Crippen LogP contribution in [0.4, 0.5) is 11.4 Å². The molecule has 0 spiro atoms. The van der Waals surface area contributed by atoms with Gasteiger partial charge < -0.3 is 15.8 Å². The molecule has 0 aromatic heterocycles. The Kier molecular flexibility index (Phi) is 4.96. The fraction of sp³-hybridized carbons (Fsp3) is 0.462. The van der Waals surface area contributed by atoms with E-state index in [1.807, 2.05) is 6.92 Å². The average Bonchev–Trinajstić information content (AvgIpc) is 2.76. The molecule has 1 heterocycles. The van der Waals surface area contributed by atoms with Crippen LogP contribution in [0.25, 0.3) is 0 Å². The smallest absolute Gasteiger partial charge is 0.234 e. The van der Waals surface area contributed by atoms with Crippen LogP contribution in [0.5, 0.6) is 0 Å². The van der Waals surface area contributed by atoms with Crippen LogP contribution in [0.2, 0.25) is 5.02 Å². The van der Waals surface area contributed by atoms with Gasteiger partial charge in [0.2, 0.25) is 5.91 Å². The van der Waals surface area contributed by atoms with Crippen molar-refractivity contribution in [2.45, 2.75) is 24.7 Å². The van der Waals surface area contributed by atoms with Gasteiger partial charge in [-0.3, -0.25) is 4.79 Å². The van der Waals surface area contributed by atoms with E-state index in [9.17, 15) is 4.79 Å². The number of nitrogen functional groups attached to an aromatic ring is 1. The molecule has 2 unspecified atom stereocenters. The molecule has 1 aromatic rings. The highest BCUT2D eigenvalue weighted by molar-refractivity contribution is 8.00. The molecule has 2 rings (SSSR count). The Morgan fingerprint density at radius 2 is 2.42 bits per heavy atom. The maximum Gasteiger partial charge on any atom is 0.234 e. The molecule has 104 valence electrons. The minimum Gasteiger partial charge on any atom is -0.399 e. The van der Waals surface area contributed by atoms with Crippen LogP contribution >= 0.6 is 23.4 Å². The first-order chi connectivity index (χ1) is 9.06. The van der Waals surface area contributed by atoms with Gasteiger partial charge in [0.05, 0.1) is 22.6 Å². The lowest BCUT2D eigenvalue weighted by molar-refractivity contribution is -0.113. The standard InChI is InChI=1S/C13H17ClN2O2S/c1-8-12(4-5-18-8)19-7-13(17)16-11-3-2-9(15)6-10(11)14/h2-3,6,8,12H,4-5,7,15H2,1H3,(H,16,17). The van der Waals surface area contributed by atoms with E-state index in [0.717, 1.165) is 13.0 Å². The number of amides is 1. The van der Waals surface area contributed by atoms with E-state index in [2.05, 4.69) is 5.32 Å². The van der Waals surface area contributed by atoms with Gasteiger partial charge in [0, 0.05) is 17.5 Å².